The number of rotatable bonds is 4. The molecule has 1 saturated heterocycles. The molecule has 8 nitrogen and oxygen atoms in total. The molecule has 1 aliphatic heterocycles. The molecule has 1 aromatic carbocycles. The summed E-state index contributed by atoms with van der Waals surface area (Å²) in [5.74, 6) is -0.913. The van der Waals surface area contributed by atoms with Crippen LogP contribution >= 0.6 is 0 Å². The van der Waals surface area contributed by atoms with Crippen LogP contribution in [0.2, 0.25) is 0 Å². The number of primary amides is 1. The van der Waals surface area contributed by atoms with Gasteiger partial charge in [0.05, 0.1) is 10.4 Å². The Labute approximate surface area is 138 Å². The molecule has 0 spiro atoms. The monoisotopic (exact) mass is 353 g/mol. The summed E-state index contributed by atoms with van der Waals surface area (Å²) < 4.78 is 33.1. The Bertz CT molecular complexity index is 936. The minimum absolute atomic E-state index is 0.0736. The number of benzene rings is 1. The zero-order valence-corrected chi connectivity index (χ0v) is 14.1. The van der Waals surface area contributed by atoms with E-state index in [1.165, 1.54) is 22.5 Å². The SMILES string of the molecule is CC1CCN(S(=O)(=O)c2ccc3c(c2)oc(=O)n3CC(N)=O)CC1. The molecule has 3 rings (SSSR count). The number of hydrogen-bond acceptors (Lipinski definition) is 5. The van der Waals surface area contributed by atoms with E-state index in [0.29, 0.717) is 24.5 Å². The fourth-order valence-corrected chi connectivity index (χ4v) is 4.37. The first-order valence-corrected chi connectivity index (χ1v) is 9.15. The second kappa shape index (κ2) is 6.06. The highest BCUT2D eigenvalue weighted by molar-refractivity contribution is 7.89. The topological polar surface area (TPSA) is 116 Å². The summed E-state index contributed by atoms with van der Waals surface area (Å²) in [6, 6.07) is 4.20. The number of fused-ring (bicyclic) bond motifs is 1. The lowest BCUT2D eigenvalue weighted by Gasteiger charge is -2.29. The summed E-state index contributed by atoms with van der Waals surface area (Å²) in [6.07, 6.45) is 1.65. The summed E-state index contributed by atoms with van der Waals surface area (Å²) in [6.45, 7) is 2.75. The van der Waals surface area contributed by atoms with E-state index in [2.05, 4.69) is 6.92 Å². The quantitative estimate of drug-likeness (QED) is 0.859. The molecule has 1 amide bonds. The predicted molar refractivity (Wildman–Crippen MR) is 86.8 cm³/mol. The molecule has 0 saturated carbocycles. The first-order chi connectivity index (χ1) is 11.3. The summed E-state index contributed by atoms with van der Waals surface area (Å²) >= 11 is 0. The largest absolute Gasteiger partial charge is 0.420 e. The van der Waals surface area contributed by atoms with Crippen molar-refractivity contribution in [2.45, 2.75) is 31.2 Å². The molecule has 0 bridgehead atoms. The van der Waals surface area contributed by atoms with E-state index in [0.717, 1.165) is 17.4 Å². The number of carbonyl (C=O) groups excluding carboxylic acids is 1. The number of piperidine rings is 1. The molecule has 1 aromatic heterocycles. The molecule has 1 aliphatic rings. The number of sulfonamides is 1. The third-order valence-electron chi connectivity index (χ3n) is 4.33. The summed E-state index contributed by atoms with van der Waals surface area (Å²) in [4.78, 5) is 22.9. The Hall–Kier alpha value is -2.13. The van der Waals surface area contributed by atoms with Gasteiger partial charge in [-0.25, -0.2) is 13.2 Å². The number of amides is 1. The lowest BCUT2D eigenvalue weighted by atomic mass is 10.0. The lowest BCUT2D eigenvalue weighted by Crippen LogP contribution is -2.37. The van der Waals surface area contributed by atoms with Gasteiger partial charge in [0, 0.05) is 19.2 Å². The van der Waals surface area contributed by atoms with Gasteiger partial charge in [0.1, 0.15) is 6.54 Å². The van der Waals surface area contributed by atoms with Crippen molar-refractivity contribution in [2.24, 2.45) is 11.7 Å². The van der Waals surface area contributed by atoms with Crippen molar-refractivity contribution in [2.75, 3.05) is 13.1 Å². The van der Waals surface area contributed by atoms with E-state index in [4.69, 9.17) is 10.2 Å². The summed E-state index contributed by atoms with van der Waals surface area (Å²) in [5, 5.41) is 0. The van der Waals surface area contributed by atoms with Crippen molar-refractivity contribution in [1.29, 1.82) is 0 Å². The second-order valence-electron chi connectivity index (χ2n) is 6.14. The zero-order valence-electron chi connectivity index (χ0n) is 13.3. The Morgan fingerprint density at radius 1 is 1.33 bits per heavy atom. The van der Waals surface area contributed by atoms with Gasteiger partial charge in [0.2, 0.25) is 15.9 Å². The molecule has 130 valence electrons. The molecule has 1 fully saturated rings. The maximum atomic E-state index is 12.7. The Morgan fingerprint density at radius 2 is 2.00 bits per heavy atom. The highest BCUT2D eigenvalue weighted by Gasteiger charge is 2.28. The van der Waals surface area contributed by atoms with Crippen LogP contribution in [0.4, 0.5) is 0 Å². The Morgan fingerprint density at radius 3 is 2.62 bits per heavy atom. The van der Waals surface area contributed by atoms with Crippen molar-refractivity contribution < 1.29 is 17.6 Å². The first-order valence-electron chi connectivity index (χ1n) is 7.71. The predicted octanol–water partition coefficient (Wildman–Crippen LogP) is 0.500. The van der Waals surface area contributed by atoms with Crippen LogP contribution in [-0.4, -0.2) is 36.3 Å². The van der Waals surface area contributed by atoms with Gasteiger partial charge in [0.25, 0.3) is 0 Å². The molecule has 0 atom stereocenters. The molecule has 0 aliphatic carbocycles. The maximum absolute atomic E-state index is 12.7. The third-order valence-corrected chi connectivity index (χ3v) is 6.23. The van der Waals surface area contributed by atoms with Crippen LogP contribution in [0, 0.1) is 5.92 Å². The molecule has 0 unspecified atom stereocenters. The summed E-state index contributed by atoms with van der Waals surface area (Å²) in [7, 11) is -3.63. The van der Waals surface area contributed by atoms with Gasteiger partial charge in [-0.15, -0.1) is 0 Å². The first kappa shape index (κ1) is 16.7. The van der Waals surface area contributed by atoms with Gasteiger partial charge in [-0.3, -0.25) is 9.36 Å². The fourth-order valence-electron chi connectivity index (χ4n) is 2.89. The highest BCUT2D eigenvalue weighted by atomic mass is 32.2. The van der Waals surface area contributed by atoms with Crippen molar-refractivity contribution >= 4 is 27.0 Å². The molecule has 2 heterocycles. The molecule has 24 heavy (non-hydrogen) atoms. The van der Waals surface area contributed by atoms with E-state index in [9.17, 15) is 18.0 Å². The molecular formula is C15H19N3O5S. The standard InChI is InChI=1S/C15H19N3O5S/c1-10-4-6-17(7-5-10)24(21,22)11-2-3-12-13(8-11)23-15(20)18(12)9-14(16)19/h2-3,8,10H,4-7,9H2,1H3,(H2,16,19). The van der Waals surface area contributed by atoms with E-state index in [1.807, 2.05) is 0 Å². The number of nitrogens with zero attached hydrogens (tertiary/aromatic N) is 2. The molecule has 0 radical (unpaired) electrons. The molecule has 9 heteroatoms. The Balaban J connectivity index is 1.99. The van der Waals surface area contributed by atoms with Crippen molar-refractivity contribution in [3.8, 4) is 0 Å². The molecular weight excluding hydrogens is 334 g/mol. The van der Waals surface area contributed by atoms with Gasteiger partial charge in [-0.2, -0.15) is 4.31 Å². The van der Waals surface area contributed by atoms with E-state index < -0.39 is 21.7 Å². The third kappa shape index (κ3) is 2.96. The highest BCUT2D eigenvalue weighted by Crippen LogP contribution is 2.25. The van der Waals surface area contributed by atoms with Crippen LogP contribution in [0.1, 0.15) is 19.8 Å². The van der Waals surface area contributed by atoms with E-state index in [-0.39, 0.29) is 17.0 Å². The van der Waals surface area contributed by atoms with Gasteiger partial charge >= 0.3 is 5.76 Å². The summed E-state index contributed by atoms with van der Waals surface area (Å²) in [5.41, 5.74) is 5.56. The van der Waals surface area contributed by atoms with E-state index in [1.54, 1.807) is 0 Å². The molecule has 2 N–H and O–H groups in total. The smallest absolute Gasteiger partial charge is 0.408 e. The van der Waals surface area contributed by atoms with Crippen LogP contribution in [0.25, 0.3) is 11.1 Å². The Kier molecular flexibility index (Phi) is 4.22. The number of hydrogen-bond donors (Lipinski definition) is 1. The molecule has 2 aromatic rings. The minimum Gasteiger partial charge on any atom is -0.408 e. The zero-order chi connectivity index (χ0) is 17.5. The number of carbonyl (C=O) groups is 1. The number of oxazole rings is 1. The van der Waals surface area contributed by atoms with Crippen molar-refractivity contribution in [3.63, 3.8) is 0 Å². The fraction of sp³-hybridized carbons (Fsp3) is 0.467. The van der Waals surface area contributed by atoms with Crippen molar-refractivity contribution in [1.82, 2.24) is 8.87 Å². The lowest BCUT2D eigenvalue weighted by molar-refractivity contribution is -0.118. The number of nitrogens with two attached hydrogens (primary N) is 1. The van der Waals surface area contributed by atoms with Crippen molar-refractivity contribution in [3.05, 3.63) is 28.7 Å². The van der Waals surface area contributed by atoms with E-state index >= 15 is 0 Å². The average molecular weight is 353 g/mol. The van der Waals surface area contributed by atoms with Gasteiger partial charge in [-0.05, 0) is 30.9 Å². The van der Waals surface area contributed by atoms with Crippen LogP contribution in [0.3, 0.4) is 0 Å². The minimum atomic E-state index is -3.63. The second-order valence-corrected chi connectivity index (χ2v) is 8.07. The van der Waals surface area contributed by atoms with Crippen LogP contribution < -0.4 is 11.5 Å². The van der Waals surface area contributed by atoms with Crippen LogP contribution in [0.5, 0.6) is 0 Å². The maximum Gasteiger partial charge on any atom is 0.420 e. The van der Waals surface area contributed by atoms with Gasteiger partial charge in [0.15, 0.2) is 5.58 Å². The normalized spacial score (nSPS) is 17.4. The van der Waals surface area contributed by atoms with Gasteiger partial charge in [-0.1, -0.05) is 6.92 Å². The van der Waals surface area contributed by atoms with Crippen LogP contribution in [0.15, 0.2) is 32.3 Å². The number of aromatic nitrogens is 1. The van der Waals surface area contributed by atoms with Crippen LogP contribution in [-0.2, 0) is 21.4 Å². The van der Waals surface area contributed by atoms with Gasteiger partial charge < -0.3 is 10.2 Å². The average Bonchev–Trinajstić information content (AvgIpc) is 2.82.